The van der Waals surface area contributed by atoms with E-state index in [1.807, 2.05) is 12.1 Å². The van der Waals surface area contributed by atoms with E-state index in [1.54, 1.807) is 12.1 Å². The molecule has 6 rings (SSSR count). The fourth-order valence-electron chi connectivity index (χ4n) is 6.14. The number of hydrogen-bond donors (Lipinski definition) is 4. The maximum Gasteiger partial charge on any atom is 0.317 e. The molecular formula is C32H39NO14. The lowest BCUT2D eigenvalue weighted by Gasteiger charge is -2.41. The number of carbonyl (C=O) groups excluding carboxylic acids is 1. The highest BCUT2D eigenvalue weighted by atomic mass is 17.2. The van der Waals surface area contributed by atoms with Crippen LogP contribution in [0.1, 0.15) is 61.3 Å². The van der Waals surface area contributed by atoms with Crippen LogP contribution in [0.5, 0.6) is 28.7 Å². The van der Waals surface area contributed by atoms with E-state index in [2.05, 4.69) is 6.92 Å². The van der Waals surface area contributed by atoms with Crippen molar-refractivity contribution >= 4 is 11.9 Å². The molecule has 1 saturated heterocycles. The van der Waals surface area contributed by atoms with Crippen molar-refractivity contribution in [3.8, 4) is 28.7 Å². The zero-order chi connectivity index (χ0) is 33.1. The third-order valence-electron chi connectivity index (χ3n) is 8.46. The van der Waals surface area contributed by atoms with Crippen LogP contribution in [-0.2, 0) is 35.1 Å². The molecule has 15 nitrogen and oxygen atoms in total. The minimum absolute atomic E-state index is 0.0110. The number of esters is 1. The summed E-state index contributed by atoms with van der Waals surface area (Å²) in [4.78, 5) is 34.0. The molecule has 4 aliphatic rings. The lowest BCUT2D eigenvalue weighted by atomic mass is 9.87. The normalized spacial score (nSPS) is 26.8. The lowest BCUT2D eigenvalue weighted by molar-refractivity contribution is -0.372. The monoisotopic (exact) mass is 661 g/mol. The molecule has 7 unspecified atom stereocenters. The molecule has 0 saturated carbocycles. The summed E-state index contributed by atoms with van der Waals surface area (Å²) >= 11 is 0. The fraction of sp³-hybridized carbons (Fsp3) is 0.562. The second-order valence-corrected chi connectivity index (χ2v) is 11.7. The molecule has 1 fully saturated rings. The Balaban J connectivity index is 1.21. The van der Waals surface area contributed by atoms with Crippen LogP contribution in [0, 0.1) is 0 Å². The fourth-order valence-corrected chi connectivity index (χ4v) is 6.14. The van der Waals surface area contributed by atoms with Crippen LogP contribution >= 0.6 is 0 Å². The minimum atomic E-state index is -1.61. The summed E-state index contributed by atoms with van der Waals surface area (Å²) in [7, 11) is 0. The van der Waals surface area contributed by atoms with Crippen molar-refractivity contribution in [3.63, 3.8) is 0 Å². The smallest absolute Gasteiger partial charge is 0.317 e. The van der Waals surface area contributed by atoms with Crippen LogP contribution in [-0.4, -0.2) is 91.1 Å². The van der Waals surface area contributed by atoms with Gasteiger partial charge in [0.2, 0.25) is 6.79 Å². The SMILES string of the molecule is CCCCCc1cc(OOC2C(OCCN)OC(COC(=O)CC(=O)O)C(O)C2O)cc2c1OCC1c3cc4c(cc3OC21)OCO4. The summed E-state index contributed by atoms with van der Waals surface area (Å²) < 4.78 is 40.2. The van der Waals surface area contributed by atoms with E-state index >= 15 is 0 Å². The van der Waals surface area contributed by atoms with Gasteiger partial charge in [0, 0.05) is 23.7 Å². The maximum atomic E-state index is 11.7. The molecule has 2 aromatic carbocycles. The number of carbonyl (C=O) groups is 2. The minimum Gasteiger partial charge on any atom is -0.492 e. The highest BCUT2D eigenvalue weighted by molar-refractivity contribution is 5.90. The predicted molar refractivity (Wildman–Crippen MR) is 158 cm³/mol. The number of aliphatic hydroxyl groups is 2. The Morgan fingerprint density at radius 2 is 1.81 bits per heavy atom. The van der Waals surface area contributed by atoms with Crippen molar-refractivity contribution in [2.45, 2.75) is 81.8 Å². The molecule has 2 aromatic rings. The van der Waals surface area contributed by atoms with Gasteiger partial charge in [-0.05, 0) is 36.6 Å². The van der Waals surface area contributed by atoms with Crippen LogP contribution in [0.3, 0.4) is 0 Å². The summed E-state index contributed by atoms with van der Waals surface area (Å²) in [6.45, 7) is 2.29. The first-order chi connectivity index (χ1) is 22.8. The Labute approximate surface area is 270 Å². The van der Waals surface area contributed by atoms with E-state index in [9.17, 15) is 19.8 Å². The van der Waals surface area contributed by atoms with Crippen molar-refractivity contribution in [3.05, 3.63) is 41.0 Å². The lowest BCUT2D eigenvalue weighted by Crippen LogP contribution is -2.60. The van der Waals surface area contributed by atoms with E-state index < -0.39 is 55.7 Å². The molecule has 0 aromatic heterocycles. The number of benzene rings is 2. The number of hydrogen-bond acceptors (Lipinski definition) is 14. The van der Waals surface area contributed by atoms with Gasteiger partial charge >= 0.3 is 11.9 Å². The number of nitrogens with two attached hydrogens (primary N) is 1. The first-order valence-electron chi connectivity index (χ1n) is 15.7. The molecule has 0 radical (unpaired) electrons. The Kier molecular flexibility index (Phi) is 10.2. The van der Waals surface area contributed by atoms with Gasteiger partial charge in [0.25, 0.3) is 0 Å². The van der Waals surface area contributed by atoms with Crippen LogP contribution in [0.2, 0.25) is 0 Å². The molecule has 4 heterocycles. The van der Waals surface area contributed by atoms with Crippen molar-refractivity contribution in [1.82, 2.24) is 0 Å². The van der Waals surface area contributed by atoms with E-state index in [1.165, 1.54) is 0 Å². The van der Waals surface area contributed by atoms with E-state index in [-0.39, 0.29) is 32.0 Å². The van der Waals surface area contributed by atoms with Gasteiger partial charge in [0.15, 0.2) is 29.6 Å². The Bertz CT molecular complexity index is 1450. The zero-order valence-electron chi connectivity index (χ0n) is 25.8. The Hall–Kier alpha value is -3.86. The van der Waals surface area contributed by atoms with Gasteiger partial charge in [-0.25, -0.2) is 0 Å². The average Bonchev–Trinajstić information content (AvgIpc) is 3.66. The van der Waals surface area contributed by atoms with Crippen LogP contribution in [0.4, 0.5) is 0 Å². The molecule has 7 atom stereocenters. The highest BCUT2D eigenvalue weighted by Crippen LogP contribution is 2.55. The summed E-state index contributed by atoms with van der Waals surface area (Å²) in [5.74, 6) is 0.493. The Morgan fingerprint density at radius 3 is 2.57 bits per heavy atom. The van der Waals surface area contributed by atoms with Crippen LogP contribution in [0.15, 0.2) is 24.3 Å². The third-order valence-corrected chi connectivity index (χ3v) is 8.46. The van der Waals surface area contributed by atoms with Gasteiger partial charge in [0.1, 0.15) is 48.9 Å². The molecule has 256 valence electrons. The molecular weight excluding hydrogens is 622 g/mol. The summed E-state index contributed by atoms with van der Waals surface area (Å²) in [6.07, 6.45) is -4.63. The van der Waals surface area contributed by atoms with Crippen LogP contribution < -0.4 is 29.6 Å². The average molecular weight is 662 g/mol. The quantitative estimate of drug-likeness (QED) is 0.0750. The van der Waals surface area contributed by atoms with E-state index in [4.69, 9.17) is 53.8 Å². The van der Waals surface area contributed by atoms with Gasteiger partial charge in [-0.2, -0.15) is 4.89 Å². The second-order valence-electron chi connectivity index (χ2n) is 11.7. The zero-order valence-corrected chi connectivity index (χ0v) is 25.8. The van der Waals surface area contributed by atoms with Crippen molar-refractivity contribution < 1.29 is 67.8 Å². The molecule has 0 bridgehead atoms. The number of unbranched alkanes of at least 4 members (excludes halogenated alkanes) is 2. The Morgan fingerprint density at radius 1 is 1.00 bits per heavy atom. The van der Waals surface area contributed by atoms with Crippen LogP contribution in [0.25, 0.3) is 0 Å². The van der Waals surface area contributed by atoms with Crippen molar-refractivity contribution in [2.75, 3.05) is 33.2 Å². The number of carboxylic acid groups (broad SMARTS) is 1. The first kappa shape index (κ1) is 33.1. The second kappa shape index (κ2) is 14.5. The predicted octanol–water partition coefficient (Wildman–Crippen LogP) is 1.88. The summed E-state index contributed by atoms with van der Waals surface area (Å²) in [6, 6.07) is 7.33. The molecule has 5 N–H and O–H groups in total. The highest BCUT2D eigenvalue weighted by Gasteiger charge is 2.48. The third kappa shape index (κ3) is 7.05. The summed E-state index contributed by atoms with van der Waals surface area (Å²) in [5, 5.41) is 30.6. The molecule has 0 spiro atoms. The molecule has 4 aliphatic heterocycles. The van der Waals surface area contributed by atoms with E-state index in [0.717, 1.165) is 41.7 Å². The number of aliphatic hydroxyl groups excluding tert-OH is 2. The largest absolute Gasteiger partial charge is 0.492 e. The van der Waals surface area contributed by atoms with Gasteiger partial charge in [-0.1, -0.05) is 19.8 Å². The number of rotatable bonds is 14. The number of fused-ring (bicyclic) bond motifs is 6. The first-order valence-corrected chi connectivity index (χ1v) is 15.7. The topological polar surface area (TPSA) is 204 Å². The molecule has 15 heteroatoms. The number of ether oxygens (including phenoxy) is 7. The standard InChI is InChI=1S/C32H39NO14/c1-2-3-4-5-16-8-17(9-19-29(16)41-13-20-18-10-22-23(43-15-42-22)11-21(18)44-30(19)20)46-47-31-28(38)27(37)24(45-32(31)39-7-6-33)14-40-26(36)12-25(34)35/h8-11,20,24,27-28,30-32,37-38H,2-7,12-15,33H2,1H3,(H,34,35). The molecule has 0 amide bonds. The van der Waals surface area contributed by atoms with Gasteiger partial charge in [-0.3, -0.25) is 9.59 Å². The molecule has 0 aliphatic carbocycles. The van der Waals surface area contributed by atoms with Gasteiger partial charge in [0.05, 0.1) is 19.1 Å². The van der Waals surface area contributed by atoms with Gasteiger partial charge in [-0.15, -0.1) is 0 Å². The number of aliphatic carboxylic acids is 1. The van der Waals surface area contributed by atoms with E-state index in [0.29, 0.717) is 36.0 Å². The van der Waals surface area contributed by atoms with Crippen molar-refractivity contribution in [2.24, 2.45) is 5.73 Å². The van der Waals surface area contributed by atoms with Gasteiger partial charge < -0.3 is 59.1 Å². The number of carboxylic acids is 1. The van der Waals surface area contributed by atoms with Crippen molar-refractivity contribution in [1.29, 1.82) is 0 Å². The molecule has 47 heavy (non-hydrogen) atoms. The maximum absolute atomic E-state index is 11.7. The summed E-state index contributed by atoms with van der Waals surface area (Å²) in [5.41, 5.74) is 8.24. The number of aryl methyl sites for hydroxylation is 1.